The Morgan fingerprint density at radius 3 is 2.27 bits per heavy atom. The van der Waals surface area contributed by atoms with Gasteiger partial charge in [-0.3, -0.25) is 9.89 Å². The summed E-state index contributed by atoms with van der Waals surface area (Å²) in [5.74, 6) is 1.26. The first-order valence-corrected chi connectivity index (χ1v) is 11.7. The lowest BCUT2D eigenvalue weighted by Gasteiger charge is -2.31. The summed E-state index contributed by atoms with van der Waals surface area (Å²) in [7, 11) is -5.23. The SMILES string of the molecule is CCNC(=NCC1CCN(S(=O)(=O)C(F)(F)F)CC1)NC1CN(C(C)C)CC1C.I. The minimum Gasteiger partial charge on any atom is -0.357 e. The van der Waals surface area contributed by atoms with E-state index >= 15 is 0 Å². The predicted octanol–water partition coefficient (Wildman–Crippen LogP) is 2.45. The second-order valence-corrected chi connectivity index (χ2v) is 10.2. The molecule has 2 N–H and O–H groups in total. The lowest BCUT2D eigenvalue weighted by atomic mass is 9.98. The molecule has 0 aromatic rings. The van der Waals surface area contributed by atoms with Gasteiger partial charge < -0.3 is 10.6 Å². The quantitative estimate of drug-likeness (QED) is 0.292. The van der Waals surface area contributed by atoms with Gasteiger partial charge in [0.05, 0.1) is 0 Å². The van der Waals surface area contributed by atoms with Crippen LogP contribution in [0.15, 0.2) is 4.99 Å². The summed E-state index contributed by atoms with van der Waals surface area (Å²) in [4.78, 5) is 7.05. The number of rotatable bonds is 6. The normalized spacial score (nSPS) is 25.4. The fraction of sp³-hybridized carbons (Fsp3) is 0.944. The molecule has 178 valence electrons. The van der Waals surface area contributed by atoms with Gasteiger partial charge in [-0.1, -0.05) is 6.92 Å². The van der Waals surface area contributed by atoms with Crippen molar-refractivity contribution in [3.8, 4) is 0 Å². The molecule has 2 unspecified atom stereocenters. The number of nitrogens with zero attached hydrogens (tertiary/aromatic N) is 3. The first-order chi connectivity index (χ1) is 13.5. The first-order valence-electron chi connectivity index (χ1n) is 10.3. The highest BCUT2D eigenvalue weighted by molar-refractivity contribution is 14.0. The van der Waals surface area contributed by atoms with Crippen LogP contribution in [0, 0.1) is 11.8 Å². The summed E-state index contributed by atoms with van der Waals surface area (Å²) in [6, 6.07) is 0.774. The summed E-state index contributed by atoms with van der Waals surface area (Å²) in [6.07, 6.45) is 0.748. The number of aliphatic imine (C=N–C) groups is 1. The molecule has 2 aliphatic rings. The Bertz CT molecular complexity index is 667. The Balaban J connectivity index is 0.00000450. The number of likely N-dealkylation sites (tertiary alicyclic amines) is 1. The second-order valence-electron chi connectivity index (χ2n) is 8.29. The third-order valence-electron chi connectivity index (χ3n) is 5.75. The highest BCUT2D eigenvalue weighted by atomic mass is 127. The predicted molar refractivity (Wildman–Crippen MR) is 123 cm³/mol. The Morgan fingerprint density at radius 1 is 1.20 bits per heavy atom. The van der Waals surface area contributed by atoms with E-state index < -0.39 is 15.5 Å². The number of halogens is 4. The molecule has 0 saturated carbocycles. The average Bonchev–Trinajstić information content (AvgIpc) is 3.00. The number of sulfonamides is 1. The fourth-order valence-corrected chi connectivity index (χ4v) is 4.79. The minimum atomic E-state index is -5.23. The monoisotopic (exact) mass is 569 g/mol. The van der Waals surface area contributed by atoms with Crippen molar-refractivity contribution in [3.63, 3.8) is 0 Å². The minimum absolute atomic E-state index is 0. The van der Waals surface area contributed by atoms with Gasteiger partial charge in [0.15, 0.2) is 5.96 Å². The number of nitrogens with one attached hydrogen (secondary N) is 2. The van der Waals surface area contributed by atoms with Crippen LogP contribution in [0.25, 0.3) is 0 Å². The maximum absolute atomic E-state index is 12.7. The molecule has 0 aromatic heterocycles. The van der Waals surface area contributed by atoms with Crippen molar-refractivity contribution >= 4 is 40.0 Å². The molecule has 0 aliphatic carbocycles. The lowest BCUT2D eigenvalue weighted by molar-refractivity contribution is -0.0496. The van der Waals surface area contributed by atoms with Crippen LogP contribution < -0.4 is 10.6 Å². The van der Waals surface area contributed by atoms with E-state index in [0.29, 0.717) is 48.2 Å². The van der Waals surface area contributed by atoms with Crippen LogP contribution in [0.3, 0.4) is 0 Å². The Morgan fingerprint density at radius 2 is 1.80 bits per heavy atom. The average molecular weight is 569 g/mol. The van der Waals surface area contributed by atoms with Gasteiger partial charge in [0.2, 0.25) is 0 Å². The standard InChI is InChI=1S/C18H34F3N5O2S.HI/c1-5-22-17(24-16-12-25(13(2)3)11-14(16)4)23-10-15-6-8-26(9-7-15)29(27,28)18(19,20)21;/h13-16H,5-12H2,1-4H3,(H2,22,23,24);1H. The molecule has 30 heavy (non-hydrogen) atoms. The molecule has 0 spiro atoms. The summed E-state index contributed by atoms with van der Waals surface area (Å²) >= 11 is 0. The van der Waals surface area contributed by atoms with Crippen molar-refractivity contribution in [3.05, 3.63) is 0 Å². The summed E-state index contributed by atoms with van der Waals surface area (Å²) in [5, 5.41) is 6.72. The summed E-state index contributed by atoms with van der Waals surface area (Å²) in [6.45, 7) is 11.5. The van der Waals surface area contributed by atoms with Gasteiger partial charge >= 0.3 is 15.5 Å². The van der Waals surface area contributed by atoms with Crippen LogP contribution in [0.5, 0.6) is 0 Å². The molecule has 2 fully saturated rings. The van der Waals surface area contributed by atoms with Gasteiger partial charge in [-0.15, -0.1) is 24.0 Å². The molecule has 12 heteroatoms. The zero-order chi connectivity index (χ0) is 21.8. The molecule has 2 heterocycles. The molecule has 7 nitrogen and oxygen atoms in total. The molecular weight excluding hydrogens is 534 g/mol. The largest absolute Gasteiger partial charge is 0.511 e. The first kappa shape index (κ1) is 27.7. The third-order valence-corrected chi connectivity index (χ3v) is 7.38. The number of hydrogen-bond acceptors (Lipinski definition) is 4. The Hall–Kier alpha value is -0.340. The maximum atomic E-state index is 12.7. The molecule has 0 amide bonds. The van der Waals surface area contributed by atoms with Gasteiger partial charge in [-0.05, 0) is 45.4 Å². The fourth-order valence-electron chi connectivity index (χ4n) is 3.81. The maximum Gasteiger partial charge on any atom is 0.511 e. The van der Waals surface area contributed by atoms with Gasteiger partial charge in [0.1, 0.15) is 0 Å². The topological polar surface area (TPSA) is 77.0 Å². The van der Waals surface area contributed by atoms with Crippen LogP contribution in [0.1, 0.15) is 40.5 Å². The molecule has 2 aliphatic heterocycles. The molecule has 0 radical (unpaired) electrons. The number of alkyl halides is 3. The lowest BCUT2D eigenvalue weighted by Crippen LogP contribution is -2.47. The molecule has 2 rings (SSSR count). The highest BCUT2D eigenvalue weighted by Gasteiger charge is 2.50. The smallest absolute Gasteiger partial charge is 0.357 e. The van der Waals surface area contributed by atoms with Crippen LogP contribution in [0.4, 0.5) is 13.2 Å². The van der Waals surface area contributed by atoms with Crippen LogP contribution in [-0.4, -0.2) is 80.4 Å². The highest BCUT2D eigenvalue weighted by Crippen LogP contribution is 2.30. The van der Waals surface area contributed by atoms with E-state index in [-0.39, 0.29) is 49.0 Å². The molecule has 0 aromatic carbocycles. The van der Waals surface area contributed by atoms with Gasteiger partial charge in [0.25, 0.3) is 0 Å². The number of guanidine groups is 1. The van der Waals surface area contributed by atoms with Crippen molar-refractivity contribution in [1.29, 1.82) is 0 Å². The Kier molecular flexibility index (Phi) is 10.6. The van der Waals surface area contributed by atoms with E-state index in [2.05, 4.69) is 41.3 Å². The van der Waals surface area contributed by atoms with Gasteiger partial charge in [0, 0.05) is 51.4 Å². The van der Waals surface area contributed by atoms with Crippen LogP contribution in [0.2, 0.25) is 0 Å². The van der Waals surface area contributed by atoms with Crippen molar-refractivity contribution in [1.82, 2.24) is 19.8 Å². The number of hydrogen-bond donors (Lipinski definition) is 2. The van der Waals surface area contributed by atoms with E-state index in [9.17, 15) is 21.6 Å². The summed E-state index contributed by atoms with van der Waals surface area (Å²) in [5.41, 5.74) is -5.23. The van der Waals surface area contributed by atoms with Gasteiger partial charge in [-0.25, -0.2) is 8.42 Å². The number of piperidine rings is 1. The summed E-state index contributed by atoms with van der Waals surface area (Å²) < 4.78 is 61.6. The molecular formula is C18H35F3IN5O2S. The van der Waals surface area contributed by atoms with E-state index in [4.69, 9.17) is 0 Å². The second kappa shape index (κ2) is 11.5. The van der Waals surface area contributed by atoms with Crippen LogP contribution >= 0.6 is 24.0 Å². The van der Waals surface area contributed by atoms with E-state index in [1.54, 1.807) is 0 Å². The van der Waals surface area contributed by atoms with Crippen molar-refractivity contribution in [2.24, 2.45) is 16.8 Å². The van der Waals surface area contributed by atoms with Gasteiger partial charge in [-0.2, -0.15) is 17.5 Å². The zero-order valence-corrected chi connectivity index (χ0v) is 21.2. The molecule has 0 bridgehead atoms. The van der Waals surface area contributed by atoms with Crippen molar-refractivity contribution in [2.75, 3.05) is 39.3 Å². The molecule has 2 atom stereocenters. The van der Waals surface area contributed by atoms with E-state index in [0.717, 1.165) is 13.1 Å². The van der Waals surface area contributed by atoms with E-state index in [1.807, 2.05) is 6.92 Å². The van der Waals surface area contributed by atoms with Crippen molar-refractivity contribution < 1.29 is 21.6 Å². The van der Waals surface area contributed by atoms with Crippen molar-refractivity contribution in [2.45, 2.75) is 58.1 Å². The van der Waals surface area contributed by atoms with Crippen LogP contribution in [-0.2, 0) is 10.0 Å². The zero-order valence-electron chi connectivity index (χ0n) is 18.1. The van der Waals surface area contributed by atoms with E-state index in [1.165, 1.54) is 0 Å². The molecule has 2 saturated heterocycles. The third kappa shape index (κ3) is 7.09. The Labute approximate surface area is 195 Å².